The average molecular weight is 289 g/mol. The second-order valence-electron chi connectivity index (χ2n) is 3.23. The smallest absolute Gasteiger partial charge is 0.318 e. The summed E-state index contributed by atoms with van der Waals surface area (Å²) in [7, 11) is 0. The number of halogens is 3. The Morgan fingerprint density at radius 1 is 1.32 bits per heavy atom. The molecule has 2 rings (SSSR count). The second-order valence-corrected chi connectivity index (χ2v) is 4.34. The first-order valence-corrected chi connectivity index (χ1v) is 5.67. The molecule has 0 fully saturated rings. The molecule has 1 aromatic heterocycles. The van der Waals surface area contributed by atoms with Gasteiger partial charge in [0.05, 0.1) is 5.69 Å². The van der Waals surface area contributed by atoms with Crippen LogP contribution in [0.15, 0.2) is 29.2 Å². The first-order chi connectivity index (χ1) is 8.96. The molecule has 0 saturated heterocycles. The number of alkyl halides is 3. The van der Waals surface area contributed by atoms with Crippen molar-refractivity contribution in [3.05, 3.63) is 30.1 Å². The van der Waals surface area contributed by atoms with Crippen LogP contribution in [0.25, 0.3) is 0 Å². The maximum Gasteiger partial charge on any atom is 0.446 e. The highest BCUT2D eigenvalue weighted by Crippen LogP contribution is 2.40. The number of rotatable bonds is 3. The lowest BCUT2D eigenvalue weighted by Crippen LogP contribution is -2.15. The lowest BCUT2D eigenvalue weighted by molar-refractivity contribution is -0.0328. The molecule has 0 radical (unpaired) electrons. The Labute approximate surface area is 108 Å². The number of para-hydroxylation sites is 1. The van der Waals surface area contributed by atoms with E-state index in [-0.39, 0.29) is 28.2 Å². The normalized spacial score (nSPS) is 11.3. The Morgan fingerprint density at radius 2 is 2.05 bits per heavy atom. The molecule has 6 nitrogen and oxygen atoms in total. The highest BCUT2D eigenvalue weighted by molar-refractivity contribution is 8.00. The summed E-state index contributed by atoms with van der Waals surface area (Å²) >= 11 is -0.312. The van der Waals surface area contributed by atoms with E-state index in [1.54, 1.807) is 0 Å². The lowest BCUT2D eigenvalue weighted by atomic mass is 10.3. The number of anilines is 1. The summed E-state index contributed by atoms with van der Waals surface area (Å²) in [5.41, 5.74) is -4.41. The van der Waals surface area contributed by atoms with E-state index >= 15 is 0 Å². The van der Waals surface area contributed by atoms with E-state index in [1.165, 1.54) is 24.3 Å². The summed E-state index contributed by atoms with van der Waals surface area (Å²) in [6.45, 7) is 0. The Morgan fingerprint density at radius 3 is 2.68 bits per heavy atom. The maximum atomic E-state index is 12.3. The first kappa shape index (κ1) is 13.3. The minimum absolute atomic E-state index is 0.0274. The lowest BCUT2D eigenvalue weighted by Gasteiger charge is -2.10. The third kappa shape index (κ3) is 3.68. The van der Waals surface area contributed by atoms with E-state index in [4.69, 9.17) is 0 Å². The van der Waals surface area contributed by atoms with Gasteiger partial charge in [-0.1, -0.05) is 12.1 Å². The number of benzene rings is 1. The predicted octanol–water partition coefficient (Wildman–Crippen LogP) is 2.06. The number of thioether (sulfide) groups is 1. The van der Waals surface area contributed by atoms with Crippen LogP contribution in [-0.4, -0.2) is 32.0 Å². The largest absolute Gasteiger partial charge is 0.446 e. The van der Waals surface area contributed by atoms with Gasteiger partial charge in [-0.25, -0.2) is 0 Å². The van der Waals surface area contributed by atoms with Gasteiger partial charge in [0.2, 0.25) is 0 Å². The molecule has 0 spiro atoms. The number of tetrazole rings is 1. The second kappa shape index (κ2) is 5.26. The fourth-order valence-corrected chi connectivity index (χ4v) is 1.84. The number of H-pyrrole nitrogens is 1. The molecule has 10 heteroatoms. The van der Waals surface area contributed by atoms with Gasteiger partial charge in [0.15, 0.2) is 0 Å². The van der Waals surface area contributed by atoms with Crippen molar-refractivity contribution in [2.24, 2.45) is 0 Å². The van der Waals surface area contributed by atoms with Crippen molar-refractivity contribution in [2.45, 2.75) is 10.4 Å². The van der Waals surface area contributed by atoms with Crippen LogP contribution in [0.1, 0.15) is 10.6 Å². The number of hydrogen-bond acceptors (Lipinski definition) is 5. The maximum absolute atomic E-state index is 12.3. The molecule has 2 N–H and O–H groups in total. The molecule has 0 saturated carbocycles. The zero-order valence-electron chi connectivity index (χ0n) is 9.10. The number of nitrogens with zero attached hydrogens (tertiary/aromatic N) is 3. The summed E-state index contributed by atoms with van der Waals surface area (Å²) < 4.78 is 37.0. The van der Waals surface area contributed by atoms with E-state index in [9.17, 15) is 18.0 Å². The van der Waals surface area contributed by atoms with Gasteiger partial charge in [-0.05, 0) is 29.1 Å². The molecule has 0 bridgehead atoms. The fourth-order valence-electron chi connectivity index (χ4n) is 1.22. The molecule has 0 aliphatic carbocycles. The van der Waals surface area contributed by atoms with Crippen LogP contribution in [0, 0.1) is 0 Å². The van der Waals surface area contributed by atoms with Crippen molar-refractivity contribution in [2.75, 3.05) is 5.32 Å². The van der Waals surface area contributed by atoms with Gasteiger partial charge in [-0.15, -0.1) is 10.2 Å². The van der Waals surface area contributed by atoms with Gasteiger partial charge < -0.3 is 5.32 Å². The number of aromatic nitrogens is 4. The quantitative estimate of drug-likeness (QED) is 0.845. The molecule has 0 aliphatic rings. The van der Waals surface area contributed by atoms with Crippen molar-refractivity contribution in [3.63, 3.8) is 0 Å². The van der Waals surface area contributed by atoms with E-state index < -0.39 is 11.4 Å². The molecular formula is C9H6F3N5OS. The van der Waals surface area contributed by atoms with E-state index in [2.05, 4.69) is 25.9 Å². The minimum Gasteiger partial charge on any atom is -0.318 e. The molecular weight excluding hydrogens is 283 g/mol. The van der Waals surface area contributed by atoms with Crippen LogP contribution in [-0.2, 0) is 0 Å². The molecule has 1 aromatic carbocycles. The first-order valence-electron chi connectivity index (χ1n) is 4.85. The van der Waals surface area contributed by atoms with Crippen molar-refractivity contribution >= 4 is 23.4 Å². The van der Waals surface area contributed by atoms with E-state index in [0.717, 1.165) is 0 Å². The summed E-state index contributed by atoms with van der Waals surface area (Å²) in [5, 5.41) is 14.4. The Hall–Kier alpha value is -2.10. The number of hydrogen-bond donors (Lipinski definition) is 2. The molecule has 0 atom stereocenters. The summed E-state index contributed by atoms with van der Waals surface area (Å²) in [5.74, 6) is -1.00. The molecule has 1 amide bonds. The van der Waals surface area contributed by atoms with Gasteiger partial charge in [-0.3, -0.25) is 4.79 Å². The highest BCUT2D eigenvalue weighted by atomic mass is 32.2. The van der Waals surface area contributed by atoms with Crippen LogP contribution < -0.4 is 5.32 Å². The zero-order valence-corrected chi connectivity index (χ0v) is 9.92. The summed E-state index contributed by atoms with van der Waals surface area (Å²) in [6, 6.07) is 5.56. The Balaban J connectivity index is 2.18. The van der Waals surface area contributed by atoms with Gasteiger partial charge in [0, 0.05) is 4.90 Å². The average Bonchev–Trinajstić information content (AvgIpc) is 2.83. The zero-order chi connectivity index (χ0) is 13.9. The highest BCUT2D eigenvalue weighted by Gasteiger charge is 2.30. The van der Waals surface area contributed by atoms with Crippen molar-refractivity contribution < 1.29 is 18.0 Å². The van der Waals surface area contributed by atoms with Crippen LogP contribution in [0.2, 0.25) is 0 Å². The Bertz CT molecular complexity index is 571. The van der Waals surface area contributed by atoms with Crippen LogP contribution in [0.5, 0.6) is 0 Å². The number of carbonyl (C=O) groups excluding carboxylic acids is 1. The molecule has 2 aromatic rings. The minimum atomic E-state index is -4.44. The van der Waals surface area contributed by atoms with Crippen molar-refractivity contribution in [1.82, 2.24) is 20.6 Å². The van der Waals surface area contributed by atoms with Gasteiger partial charge in [-0.2, -0.15) is 18.4 Å². The third-order valence-corrected chi connectivity index (χ3v) is 2.72. The molecule has 19 heavy (non-hydrogen) atoms. The number of amides is 1. The predicted molar refractivity (Wildman–Crippen MR) is 60.5 cm³/mol. The number of carbonyl (C=O) groups is 1. The topological polar surface area (TPSA) is 83.6 Å². The SMILES string of the molecule is O=C(Nc1ccccc1SC(F)(F)F)c1nn[nH]n1. The molecule has 100 valence electrons. The molecule has 0 unspecified atom stereocenters. The van der Waals surface area contributed by atoms with Gasteiger partial charge in [0.25, 0.3) is 11.7 Å². The summed E-state index contributed by atoms with van der Waals surface area (Å²) in [4.78, 5) is 11.5. The van der Waals surface area contributed by atoms with Crippen LogP contribution >= 0.6 is 11.8 Å². The third-order valence-electron chi connectivity index (χ3n) is 1.91. The van der Waals surface area contributed by atoms with Gasteiger partial charge >= 0.3 is 5.51 Å². The summed E-state index contributed by atoms with van der Waals surface area (Å²) in [6.07, 6.45) is 0. The van der Waals surface area contributed by atoms with Crippen molar-refractivity contribution in [3.8, 4) is 0 Å². The van der Waals surface area contributed by atoms with E-state index in [1.807, 2.05) is 0 Å². The van der Waals surface area contributed by atoms with Crippen molar-refractivity contribution in [1.29, 1.82) is 0 Å². The molecule has 0 aliphatic heterocycles. The number of aromatic amines is 1. The standard InChI is InChI=1S/C9H6F3N5OS/c10-9(11,12)19-6-4-2-1-3-5(6)13-8(18)7-14-16-17-15-7/h1-4H,(H,13,18)(H,14,15,16,17). The Kier molecular flexibility index (Phi) is 3.69. The monoisotopic (exact) mass is 289 g/mol. The number of nitrogens with one attached hydrogen (secondary N) is 2. The van der Waals surface area contributed by atoms with Crippen LogP contribution in [0.4, 0.5) is 18.9 Å². The van der Waals surface area contributed by atoms with Crippen LogP contribution in [0.3, 0.4) is 0 Å². The van der Waals surface area contributed by atoms with Gasteiger partial charge in [0.1, 0.15) is 0 Å². The fraction of sp³-hybridized carbons (Fsp3) is 0.111. The van der Waals surface area contributed by atoms with E-state index in [0.29, 0.717) is 0 Å². The molecule has 1 heterocycles.